The van der Waals surface area contributed by atoms with Gasteiger partial charge >= 0.3 is 0 Å². The first-order valence-electron chi connectivity index (χ1n) is 11.6. The van der Waals surface area contributed by atoms with Gasteiger partial charge < -0.3 is 9.15 Å². The molecule has 8 heteroatoms. The zero-order valence-electron chi connectivity index (χ0n) is 20.6. The van der Waals surface area contributed by atoms with E-state index in [4.69, 9.17) is 14.1 Å². The minimum absolute atomic E-state index is 0.0901. The summed E-state index contributed by atoms with van der Waals surface area (Å²) < 4.78 is 13.2. The largest absolute Gasteiger partial charge is 0.493 e. The first-order chi connectivity index (χ1) is 16.7. The minimum Gasteiger partial charge on any atom is -0.493 e. The van der Waals surface area contributed by atoms with Crippen molar-refractivity contribution in [3.8, 4) is 5.75 Å². The van der Waals surface area contributed by atoms with Crippen LogP contribution in [0.3, 0.4) is 0 Å². The second-order valence-corrected chi connectivity index (χ2v) is 11.1. The number of aromatic nitrogens is 1. The van der Waals surface area contributed by atoms with E-state index in [1.807, 2.05) is 30.5 Å². The summed E-state index contributed by atoms with van der Waals surface area (Å²) in [4.78, 5) is 28.2. The Labute approximate surface area is 213 Å². The Morgan fingerprint density at radius 3 is 2.77 bits per heavy atom. The van der Waals surface area contributed by atoms with Gasteiger partial charge in [0.05, 0.1) is 23.5 Å². The minimum atomic E-state index is -0.382. The maximum atomic E-state index is 12.0. The molecule has 3 heterocycles. The van der Waals surface area contributed by atoms with Crippen molar-refractivity contribution in [1.82, 2.24) is 10.3 Å². The lowest BCUT2D eigenvalue weighted by Crippen LogP contribution is -2.25. The van der Waals surface area contributed by atoms with E-state index in [1.165, 1.54) is 11.1 Å². The summed E-state index contributed by atoms with van der Waals surface area (Å²) in [5, 5.41) is 4.74. The molecular weight excluding hydrogens is 480 g/mol. The van der Waals surface area contributed by atoms with Crippen LogP contribution in [0.15, 0.2) is 51.3 Å². The number of thioether (sulfide) groups is 1. The fraction of sp³-hybridized carbons (Fsp3) is 0.370. The van der Waals surface area contributed by atoms with Crippen molar-refractivity contribution in [2.75, 3.05) is 6.61 Å². The molecule has 6 nitrogen and oxygen atoms in total. The first kappa shape index (κ1) is 25.3. The van der Waals surface area contributed by atoms with Gasteiger partial charge in [0.25, 0.3) is 5.24 Å². The molecule has 1 aromatic carbocycles. The van der Waals surface area contributed by atoms with Gasteiger partial charge in [-0.2, -0.15) is 0 Å². The number of thiophene rings is 1. The number of hydrogen-bond acceptors (Lipinski definition) is 7. The molecule has 1 aliphatic heterocycles. The second kappa shape index (κ2) is 10.8. The Morgan fingerprint density at radius 1 is 1.26 bits per heavy atom. The molecule has 2 aromatic heterocycles. The number of nitrogens with one attached hydrogen (secondary N) is 1. The zero-order chi connectivity index (χ0) is 25.1. The molecule has 1 aliphatic rings. The second-order valence-electron chi connectivity index (χ2n) is 9.05. The van der Waals surface area contributed by atoms with E-state index >= 15 is 0 Å². The Kier molecular flexibility index (Phi) is 7.82. The van der Waals surface area contributed by atoms with Crippen molar-refractivity contribution < 1.29 is 18.7 Å². The average Bonchev–Trinajstić information content (AvgIpc) is 3.48. The van der Waals surface area contributed by atoms with Gasteiger partial charge in [-0.25, -0.2) is 4.98 Å². The molecular formula is C27H30N2O4S2. The van der Waals surface area contributed by atoms with Gasteiger partial charge in [0.2, 0.25) is 11.8 Å². The van der Waals surface area contributed by atoms with Crippen LogP contribution in [0.1, 0.15) is 56.5 Å². The van der Waals surface area contributed by atoms with E-state index in [2.05, 4.69) is 45.2 Å². The Hall–Kier alpha value is -2.84. The topological polar surface area (TPSA) is 81.4 Å². The number of fused-ring (bicyclic) bond motifs is 1. The van der Waals surface area contributed by atoms with Crippen molar-refractivity contribution in [2.24, 2.45) is 0 Å². The number of hydrogen-bond donors (Lipinski definition) is 1. The van der Waals surface area contributed by atoms with Gasteiger partial charge in [-0.1, -0.05) is 48.1 Å². The van der Waals surface area contributed by atoms with Crippen molar-refractivity contribution in [3.05, 3.63) is 69.8 Å². The molecule has 0 radical (unpaired) electrons. The summed E-state index contributed by atoms with van der Waals surface area (Å²) in [5.74, 6) is 2.22. The van der Waals surface area contributed by atoms with Crippen molar-refractivity contribution in [2.45, 2.75) is 58.6 Å². The zero-order valence-corrected chi connectivity index (χ0v) is 22.3. The lowest BCUT2D eigenvalue weighted by atomic mass is 10.1. The van der Waals surface area contributed by atoms with Gasteiger partial charge in [0.15, 0.2) is 0 Å². The van der Waals surface area contributed by atoms with Gasteiger partial charge in [-0.05, 0) is 57.2 Å². The molecule has 4 rings (SSSR count). The van der Waals surface area contributed by atoms with Crippen LogP contribution < -0.4 is 10.1 Å². The number of carbonyl (C=O) groups excluding carboxylic acids is 2. The van der Waals surface area contributed by atoms with E-state index < -0.39 is 0 Å². The predicted octanol–water partition coefficient (Wildman–Crippen LogP) is 6.73. The summed E-state index contributed by atoms with van der Waals surface area (Å²) in [7, 11) is 0. The number of oxazole rings is 1. The number of allylic oxidation sites excluding steroid dienone is 4. The van der Waals surface area contributed by atoms with Crippen molar-refractivity contribution in [1.29, 1.82) is 0 Å². The molecule has 1 N–H and O–H groups in total. The molecule has 35 heavy (non-hydrogen) atoms. The molecule has 184 valence electrons. The predicted molar refractivity (Wildman–Crippen MR) is 142 cm³/mol. The number of carbonyl (C=O) groups is 2. The summed E-state index contributed by atoms with van der Waals surface area (Å²) >= 11 is 2.68. The van der Waals surface area contributed by atoms with Crippen molar-refractivity contribution in [3.63, 3.8) is 0 Å². The summed E-state index contributed by atoms with van der Waals surface area (Å²) in [6, 6.07) is 5.98. The lowest BCUT2D eigenvalue weighted by molar-refractivity contribution is -0.118. The highest BCUT2D eigenvalue weighted by atomic mass is 32.2. The fourth-order valence-corrected chi connectivity index (χ4v) is 6.00. The number of rotatable bonds is 9. The first-order valence-corrected chi connectivity index (χ1v) is 13.4. The van der Waals surface area contributed by atoms with Crippen LogP contribution in [0.2, 0.25) is 0 Å². The monoisotopic (exact) mass is 510 g/mol. The van der Waals surface area contributed by atoms with Crippen LogP contribution in [-0.4, -0.2) is 28.0 Å². The standard InChI is InChI=1S/C27H30N2O4S2/c1-15(2)12-16(3)13-17(4)26-28-21(18(5)33-26)8-10-32-22-7-6-19(24-20(22)9-11-34-24)14-23-25(30)29-27(31)35-23/h6-7,9,11-13,17,23H,8,10,14H2,1-5H3,(H,29,30,31)/b16-13-. The number of nitrogens with zero attached hydrogens (tertiary/aromatic N) is 1. The van der Waals surface area contributed by atoms with Crippen LogP contribution in [-0.2, 0) is 17.6 Å². The maximum Gasteiger partial charge on any atom is 0.286 e. The molecule has 2 unspecified atom stereocenters. The highest BCUT2D eigenvalue weighted by Crippen LogP contribution is 2.35. The Morgan fingerprint density at radius 2 is 2.06 bits per heavy atom. The molecule has 0 saturated carbocycles. The van der Waals surface area contributed by atoms with E-state index in [1.54, 1.807) is 11.3 Å². The molecule has 0 aliphatic carbocycles. The molecule has 2 amide bonds. The number of amides is 2. The molecule has 0 bridgehead atoms. The van der Waals surface area contributed by atoms with Gasteiger partial charge in [0.1, 0.15) is 11.5 Å². The smallest absolute Gasteiger partial charge is 0.286 e. The maximum absolute atomic E-state index is 12.0. The van der Waals surface area contributed by atoms with Crippen LogP contribution >= 0.6 is 23.1 Å². The van der Waals surface area contributed by atoms with Gasteiger partial charge in [-0.15, -0.1) is 11.3 Å². The molecule has 0 spiro atoms. The molecule has 3 aromatic rings. The van der Waals surface area contributed by atoms with Gasteiger partial charge in [0, 0.05) is 16.5 Å². The quantitative estimate of drug-likeness (QED) is 0.322. The highest BCUT2D eigenvalue weighted by Gasteiger charge is 2.32. The molecule has 2 atom stereocenters. The fourth-order valence-electron chi connectivity index (χ4n) is 4.21. The van der Waals surface area contributed by atoms with Crippen LogP contribution in [0.25, 0.3) is 10.1 Å². The van der Waals surface area contributed by atoms with E-state index in [0.29, 0.717) is 19.4 Å². The van der Waals surface area contributed by atoms with Crippen LogP contribution in [0.5, 0.6) is 5.75 Å². The third-order valence-corrected chi connectivity index (χ3v) is 7.73. The average molecular weight is 511 g/mol. The number of benzene rings is 1. The summed E-state index contributed by atoms with van der Waals surface area (Å²) in [6.45, 7) is 10.8. The summed E-state index contributed by atoms with van der Waals surface area (Å²) in [5.41, 5.74) is 4.41. The van der Waals surface area contributed by atoms with Crippen LogP contribution in [0.4, 0.5) is 4.79 Å². The number of imide groups is 1. The lowest BCUT2D eigenvalue weighted by Gasteiger charge is -2.11. The Balaban J connectivity index is 1.41. The molecule has 1 fully saturated rings. The third kappa shape index (κ3) is 6.05. The highest BCUT2D eigenvalue weighted by molar-refractivity contribution is 8.15. The van der Waals surface area contributed by atoms with E-state index in [9.17, 15) is 9.59 Å². The number of aryl methyl sites for hydroxylation is 1. The SMILES string of the molecule is CC(C)=C/C(C)=C\C(C)c1nc(CCOc2ccc(CC3SC(=O)NC3=O)c3sccc23)c(C)o1. The Bertz CT molecular complexity index is 1310. The summed E-state index contributed by atoms with van der Waals surface area (Å²) in [6.07, 6.45) is 5.47. The van der Waals surface area contributed by atoms with E-state index in [-0.39, 0.29) is 22.3 Å². The van der Waals surface area contributed by atoms with Crippen molar-refractivity contribution >= 4 is 44.3 Å². The van der Waals surface area contributed by atoms with Gasteiger partial charge in [-0.3, -0.25) is 14.9 Å². The number of ether oxygens (including phenoxy) is 1. The van der Waals surface area contributed by atoms with E-state index in [0.717, 1.165) is 50.5 Å². The molecule has 1 saturated heterocycles. The third-order valence-electron chi connectivity index (χ3n) is 5.75. The van der Waals surface area contributed by atoms with Crippen LogP contribution in [0, 0.1) is 6.92 Å². The normalized spacial score (nSPS) is 17.1.